The summed E-state index contributed by atoms with van der Waals surface area (Å²) in [5.74, 6) is 0.332. The summed E-state index contributed by atoms with van der Waals surface area (Å²) >= 11 is 4.48. The van der Waals surface area contributed by atoms with E-state index >= 15 is 0 Å². The first-order valence-corrected chi connectivity index (χ1v) is 9.12. The summed E-state index contributed by atoms with van der Waals surface area (Å²) in [7, 11) is 0. The summed E-state index contributed by atoms with van der Waals surface area (Å²) in [6.45, 7) is 0. The molecule has 0 bridgehead atoms. The minimum absolute atomic E-state index is 0. The van der Waals surface area contributed by atoms with Crippen molar-refractivity contribution in [3.05, 3.63) is 92.4 Å². The Morgan fingerprint density at radius 1 is 1.04 bits per heavy atom. The number of halogens is 2. The molecular weight excluding hydrogens is 570 g/mol. The van der Waals surface area contributed by atoms with Crippen molar-refractivity contribution in [2.45, 2.75) is 0 Å². The summed E-state index contributed by atoms with van der Waals surface area (Å²) in [6.07, 6.45) is 17.3. The van der Waals surface area contributed by atoms with Gasteiger partial charge in [0.1, 0.15) is 11.3 Å². The Morgan fingerprint density at radius 3 is 2.38 bits per heavy atom. The van der Waals surface area contributed by atoms with Crippen molar-refractivity contribution in [2.75, 3.05) is 0 Å². The molecule has 0 aliphatic heterocycles. The summed E-state index contributed by atoms with van der Waals surface area (Å²) in [5.41, 5.74) is 1.45. The van der Waals surface area contributed by atoms with E-state index in [1.807, 2.05) is 61.8 Å². The Morgan fingerprint density at radius 2 is 1.79 bits per heavy atom. The molecule has 1 heterocycles. The van der Waals surface area contributed by atoms with Crippen LogP contribution in [0.4, 0.5) is 0 Å². The van der Waals surface area contributed by atoms with Gasteiger partial charge in [-0.2, -0.15) is 0 Å². The molecule has 122 valence electrons. The first-order valence-electron chi connectivity index (χ1n) is 6.97. The Balaban J connectivity index is 0.000000300. The van der Waals surface area contributed by atoms with Crippen molar-refractivity contribution in [2.24, 2.45) is 0 Å². The maximum absolute atomic E-state index is 12.2. The number of furan rings is 1. The van der Waals surface area contributed by atoms with E-state index in [1.165, 1.54) is 0 Å². The Labute approximate surface area is 179 Å². The molecule has 5 heteroatoms. The molecule has 2 aliphatic rings. The fraction of sp³-hybridized carbons (Fsp3) is 0. The largest absolute Gasteiger partial charge is 2.00 e. The molecule has 2 aromatic rings. The van der Waals surface area contributed by atoms with Gasteiger partial charge in [0.15, 0.2) is 0 Å². The number of benzene rings is 1. The van der Waals surface area contributed by atoms with Crippen LogP contribution in [-0.4, -0.2) is 0 Å². The molecule has 1 aromatic carbocycles. The van der Waals surface area contributed by atoms with Crippen LogP contribution in [0.15, 0.2) is 64.6 Å². The van der Waals surface area contributed by atoms with Gasteiger partial charge in [-0.1, -0.05) is 30.1 Å². The van der Waals surface area contributed by atoms with Crippen molar-refractivity contribution in [3.63, 3.8) is 0 Å². The predicted molar refractivity (Wildman–Crippen MR) is 109 cm³/mol. The second kappa shape index (κ2) is 9.17. The van der Waals surface area contributed by atoms with Gasteiger partial charge in [0.05, 0.1) is 3.57 Å². The van der Waals surface area contributed by atoms with Crippen molar-refractivity contribution < 1.29 is 26.6 Å². The van der Waals surface area contributed by atoms with Crippen LogP contribution in [-0.2, 0) is 17.1 Å². The molecule has 2 aliphatic carbocycles. The molecular formula is C19H12FeI2O2. The second-order valence-corrected chi connectivity index (χ2v) is 7.29. The van der Waals surface area contributed by atoms with Crippen molar-refractivity contribution in [1.82, 2.24) is 0 Å². The summed E-state index contributed by atoms with van der Waals surface area (Å²) in [4.78, 5) is 0. The Kier molecular flexibility index (Phi) is 7.53. The molecule has 0 spiro atoms. The van der Waals surface area contributed by atoms with E-state index in [1.54, 1.807) is 12.2 Å². The molecule has 0 N–H and O–H groups in total. The quantitative estimate of drug-likeness (QED) is 0.206. The molecule has 0 atom stereocenters. The number of rotatable bonds is 1. The van der Waals surface area contributed by atoms with Gasteiger partial charge in [-0.05, 0) is 69.0 Å². The van der Waals surface area contributed by atoms with Crippen LogP contribution < -0.4 is 5.11 Å². The topological polar surface area (TPSA) is 36.2 Å². The van der Waals surface area contributed by atoms with Crippen LogP contribution in [0.1, 0.15) is 5.76 Å². The van der Waals surface area contributed by atoms with E-state index in [4.69, 9.17) is 4.42 Å². The fourth-order valence-electron chi connectivity index (χ4n) is 2.18. The van der Waals surface area contributed by atoms with Gasteiger partial charge >= 0.3 is 17.1 Å². The van der Waals surface area contributed by atoms with Crippen LogP contribution in [0.5, 0.6) is 0 Å². The van der Waals surface area contributed by atoms with Gasteiger partial charge in [0.2, 0.25) is 0 Å². The van der Waals surface area contributed by atoms with Crippen LogP contribution in [0.2, 0.25) is 0 Å². The molecule has 2 radical (unpaired) electrons. The van der Waals surface area contributed by atoms with Crippen molar-refractivity contribution in [1.29, 1.82) is 0 Å². The minimum atomic E-state index is -0.0676. The van der Waals surface area contributed by atoms with Crippen molar-refractivity contribution in [3.8, 4) is 0 Å². The molecule has 24 heavy (non-hydrogen) atoms. The third-order valence-corrected chi connectivity index (χ3v) is 4.66. The average Bonchev–Trinajstić information content (AvgIpc) is 3.28. The molecule has 0 fully saturated rings. The number of hydrogen-bond acceptors (Lipinski definition) is 2. The molecule has 1 aromatic heterocycles. The molecule has 2 nitrogen and oxygen atoms in total. The molecule has 0 saturated heterocycles. The SMILES string of the molecule is [CH]1[CH][CH-]C=C1.[Fe+2].[O-]C(=C1C=CC=C1)c1cc2cc(I)cc(I)c2o1. The number of allylic oxidation sites excluding steroid dienone is 7. The van der Waals surface area contributed by atoms with E-state index in [2.05, 4.69) is 45.2 Å². The molecule has 0 unspecified atom stereocenters. The van der Waals surface area contributed by atoms with Gasteiger partial charge in [0, 0.05) is 8.96 Å². The first-order chi connectivity index (χ1) is 11.1. The van der Waals surface area contributed by atoms with Crippen LogP contribution in [0, 0.1) is 26.4 Å². The maximum atomic E-state index is 12.2. The van der Waals surface area contributed by atoms with E-state index in [0.717, 1.165) is 18.1 Å². The summed E-state index contributed by atoms with van der Waals surface area (Å²) in [5, 5.41) is 13.1. The monoisotopic (exact) mass is 582 g/mol. The zero-order valence-corrected chi connectivity index (χ0v) is 17.8. The third kappa shape index (κ3) is 4.71. The van der Waals surface area contributed by atoms with Gasteiger partial charge in [-0.15, -0.1) is 12.8 Å². The summed E-state index contributed by atoms with van der Waals surface area (Å²) in [6, 6.07) is 5.86. The molecule has 0 saturated carbocycles. The van der Waals surface area contributed by atoms with Crippen molar-refractivity contribution >= 4 is 61.9 Å². The van der Waals surface area contributed by atoms with E-state index in [-0.39, 0.29) is 22.8 Å². The zero-order chi connectivity index (χ0) is 16.2. The second-order valence-electron chi connectivity index (χ2n) is 4.88. The third-order valence-electron chi connectivity index (χ3n) is 3.24. The normalized spacial score (nSPS) is 14.3. The number of fused-ring (bicyclic) bond motifs is 1. The van der Waals surface area contributed by atoms with Gasteiger partial charge in [-0.25, -0.2) is 18.6 Å². The van der Waals surface area contributed by atoms with E-state index in [9.17, 15) is 5.11 Å². The zero-order valence-electron chi connectivity index (χ0n) is 12.4. The fourth-order valence-corrected chi connectivity index (χ4v) is 4.18. The van der Waals surface area contributed by atoms with Gasteiger partial charge in [-0.3, -0.25) is 0 Å². The Hall–Kier alpha value is -0.631. The Bertz CT molecular complexity index is 824. The van der Waals surface area contributed by atoms with Crippen LogP contribution >= 0.6 is 45.2 Å². The molecule has 0 amide bonds. The number of hydrogen-bond donors (Lipinski definition) is 0. The smallest absolute Gasteiger partial charge is 0.870 e. The molecule has 4 rings (SSSR count). The first kappa shape index (κ1) is 19.7. The maximum Gasteiger partial charge on any atom is 2.00 e. The minimum Gasteiger partial charge on any atom is -0.870 e. The van der Waals surface area contributed by atoms with E-state index < -0.39 is 0 Å². The van der Waals surface area contributed by atoms with Gasteiger partial charge < -0.3 is 9.52 Å². The van der Waals surface area contributed by atoms with Crippen LogP contribution in [0.25, 0.3) is 16.7 Å². The average molecular weight is 582 g/mol. The van der Waals surface area contributed by atoms with E-state index in [0.29, 0.717) is 11.3 Å². The standard InChI is InChI=1S/C14H8I2O2.C5H5.Fe/c15-10-5-9-6-12(18-14(9)11(16)7-10)13(17)8-3-1-2-4-8;1-2-4-5-3-1;/h1-7,17H;1-5H;/q;-1;+2/p-1. The summed E-state index contributed by atoms with van der Waals surface area (Å²) < 4.78 is 7.84. The predicted octanol–water partition coefficient (Wildman–Crippen LogP) is 5.01. The van der Waals surface area contributed by atoms with Gasteiger partial charge in [0.25, 0.3) is 0 Å². The van der Waals surface area contributed by atoms with Crippen LogP contribution in [0.3, 0.4) is 0 Å².